The number of carbonyl (C=O) groups excluding carboxylic acids is 1. The van der Waals surface area contributed by atoms with Crippen LogP contribution in [0.2, 0.25) is 5.02 Å². The van der Waals surface area contributed by atoms with Crippen LogP contribution in [0.15, 0.2) is 36.4 Å². The van der Waals surface area contributed by atoms with Gasteiger partial charge in [-0.2, -0.15) is 5.10 Å². The van der Waals surface area contributed by atoms with Gasteiger partial charge in [0, 0.05) is 18.0 Å². The third-order valence-electron chi connectivity index (χ3n) is 3.68. The van der Waals surface area contributed by atoms with Gasteiger partial charge >= 0.3 is 5.97 Å². The number of hydrogen-bond acceptors (Lipinski definition) is 3. The molecule has 2 N–H and O–H groups in total. The average molecular weight is 362 g/mol. The third-order valence-corrected chi connectivity index (χ3v) is 3.99. The summed E-state index contributed by atoms with van der Waals surface area (Å²) in [4.78, 5) is 23.3. The molecule has 0 atom stereocenters. The van der Waals surface area contributed by atoms with Crippen LogP contribution in [-0.4, -0.2) is 26.8 Å². The molecule has 0 saturated carbocycles. The number of aliphatic carboxylic acids is 1. The van der Waals surface area contributed by atoms with E-state index in [1.54, 1.807) is 25.2 Å². The summed E-state index contributed by atoms with van der Waals surface area (Å²) >= 11 is 6.05. The van der Waals surface area contributed by atoms with Crippen LogP contribution >= 0.6 is 11.6 Å². The number of anilines is 1. The van der Waals surface area contributed by atoms with Gasteiger partial charge in [-0.15, -0.1) is 0 Å². The SMILES string of the molecule is Cn1nc2ccccc2c1C(=O)Nc1cc(F)c(CC(=O)O)cc1Cl. The van der Waals surface area contributed by atoms with Gasteiger partial charge in [-0.3, -0.25) is 14.3 Å². The van der Waals surface area contributed by atoms with Crippen LogP contribution in [0.25, 0.3) is 10.9 Å². The van der Waals surface area contributed by atoms with Crippen molar-refractivity contribution in [2.45, 2.75) is 6.42 Å². The fraction of sp³-hybridized carbons (Fsp3) is 0.118. The van der Waals surface area contributed by atoms with Gasteiger partial charge in [0.2, 0.25) is 0 Å². The predicted molar refractivity (Wildman–Crippen MR) is 91.4 cm³/mol. The molecule has 0 radical (unpaired) electrons. The maximum Gasteiger partial charge on any atom is 0.307 e. The van der Waals surface area contributed by atoms with Gasteiger partial charge in [0.15, 0.2) is 0 Å². The number of benzene rings is 2. The van der Waals surface area contributed by atoms with Crippen molar-refractivity contribution in [1.29, 1.82) is 0 Å². The van der Waals surface area contributed by atoms with Crippen molar-refractivity contribution >= 4 is 40.1 Å². The van der Waals surface area contributed by atoms with Gasteiger partial charge in [0.25, 0.3) is 5.91 Å². The molecule has 0 bridgehead atoms. The Morgan fingerprint density at radius 3 is 2.76 bits per heavy atom. The zero-order valence-corrected chi connectivity index (χ0v) is 13.8. The Hall–Kier alpha value is -2.93. The lowest BCUT2D eigenvalue weighted by Crippen LogP contribution is -2.17. The normalized spacial score (nSPS) is 10.8. The number of rotatable bonds is 4. The number of hydrogen-bond donors (Lipinski definition) is 2. The summed E-state index contributed by atoms with van der Waals surface area (Å²) in [6.07, 6.45) is -0.494. The standard InChI is InChI=1S/C17H13ClFN3O3/c1-22-16(10-4-2-3-5-13(10)21-22)17(25)20-14-8-12(19)9(6-11(14)18)7-15(23)24/h2-6,8H,7H2,1H3,(H,20,25)(H,23,24). The molecule has 25 heavy (non-hydrogen) atoms. The van der Waals surface area contributed by atoms with E-state index in [2.05, 4.69) is 10.4 Å². The molecule has 0 fully saturated rings. The van der Waals surface area contributed by atoms with Gasteiger partial charge in [-0.25, -0.2) is 4.39 Å². The molecular weight excluding hydrogens is 349 g/mol. The quantitative estimate of drug-likeness (QED) is 0.747. The summed E-state index contributed by atoms with van der Waals surface area (Å²) < 4.78 is 15.5. The lowest BCUT2D eigenvalue weighted by molar-refractivity contribution is -0.136. The number of aryl methyl sites for hydroxylation is 1. The van der Waals surface area contributed by atoms with Crippen molar-refractivity contribution in [1.82, 2.24) is 9.78 Å². The Bertz CT molecular complexity index is 1000. The van der Waals surface area contributed by atoms with Crippen LogP contribution in [0.5, 0.6) is 0 Å². The Morgan fingerprint density at radius 2 is 2.04 bits per heavy atom. The molecule has 128 valence electrons. The van der Waals surface area contributed by atoms with Gasteiger partial charge in [0.05, 0.1) is 22.6 Å². The van der Waals surface area contributed by atoms with E-state index in [1.807, 2.05) is 6.07 Å². The fourth-order valence-corrected chi connectivity index (χ4v) is 2.81. The Morgan fingerprint density at radius 1 is 1.32 bits per heavy atom. The van der Waals surface area contributed by atoms with E-state index >= 15 is 0 Å². The average Bonchev–Trinajstić information content (AvgIpc) is 2.87. The maximum atomic E-state index is 14.0. The second-order valence-electron chi connectivity index (χ2n) is 5.44. The molecule has 3 aromatic rings. The van der Waals surface area contributed by atoms with Gasteiger partial charge in [0.1, 0.15) is 11.5 Å². The summed E-state index contributed by atoms with van der Waals surface area (Å²) in [6, 6.07) is 9.34. The van der Waals surface area contributed by atoms with Crippen LogP contribution in [0.1, 0.15) is 16.1 Å². The number of carbonyl (C=O) groups is 2. The number of nitrogens with one attached hydrogen (secondary N) is 1. The summed E-state index contributed by atoms with van der Waals surface area (Å²) in [7, 11) is 1.63. The molecule has 0 aliphatic heterocycles. The Kier molecular flexibility index (Phi) is 4.41. The minimum atomic E-state index is -1.17. The van der Waals surface area contributed by atoms with Crippen LogP contribution in [0.4, 0.5) is 10.1 Å². The highest BCUT2D eigenvalue weighted by molar-refractivity contribution is 6.34. The summed E-state index contributed by atoms with van der Waals surface area (Å²) in [5.74, 6) is -2.42. The summed E-state index contributed by atoms with van der Waals surface area (Å²) in [6.45, 7) is 0. The van der Waals surface area contributed by atoms with Crippen molar-refractivity contribution in [3.63, 3.8) is 0 Å². The highest BCUT2D eigenvalue weighted by Gasteiger charge is 2.19. The molecule has 8 heteroatoms. The zero-order valence-electron chi connectivity index (χ0n) is 13.1. The number of amides is 1. The number of aromatic nitrogens is 2. The molecule has 6 nitrogen and oxygen atoms in total. The van der Waals surface area contributed by atoms with Gasteiger partial charge in [-0.05, 0) is 18.2 Å². The van der Waals surface area contributed by atoms with Crippen LogP contribution in [0, 0.1) is 5.82 Å². The molecule has 1 amide bonds. The lowest BCUT2D eigenvalue weighted by atomic mass is 10.1. The first kappa shape index (κ1) is 16.9. The molecular formula is C17H13ClFN3O3. The third kappa shape index (κ3) is 3.32. The largest absolute Gasteiger partial charge is 0.481 e. The first-order chi connectivity index (χ1) is 11.9. The van der Waals surface area contributed by atoms with E-state index in [0.717, 1.165) is 6.07 Å². The van der Waals surface area contributed by atoms with Crippen molar-refractivity contribution in [3.05, 3.63) is 58.5 Å². The number of carboxylic acids is 1. The van der Waals surface area contributed by atoms with Crippen LogP contribution in [0.3, 0.4) is 0 Å². The zero-order chi connectivity index (χ0) is 18.1. The topological polar surface area (TPSA) is 84.2 Å². The lowest BCUT2D eigenvalue weighted by Gasteiger charge is -2.10. The molecule has 2 aromatic carbocycles. The number of halogens is 2. The second kappa shape index (κ2) is 6.52. The monoisotopic (exact) mass is 361 g/mol. The fourth-order valence-electron chi connectivity index (χ4n) is 2.58. The van der Waals surface area contributed by atoms with E-state index in [-0.39, 0.29) is 16.3 Å². The van der Waals surface area contributed by atoms with E-state index in [4.69, 9.17) is 16.7 Å². The van der Waals surface area contributed by atoms with Gasteiger partial charge < -0.3 is 10.4 Å². The Balaban J connectivity index is 1.94. The Labute approximate surface area is 146 Å². The summed E-state index contributed by atoms with van der Waals surface area (Å²) in [5, 5.41) is 16.3. The van der Waals surface area contributed by atoms with Crippen molar-refractivity contribution in [2.75, 3.05) is 5.32 Å². The molecule has 0 aliphatic rings. The molecule has 1 aromatic heterocycles. The maximum absolute atomic E-state index is 14.0. The van der Waals surface area contributed by atoms with E-state index in [1.165, 1.54) is 10.7 Å². The van der Waals surface area contributed by atoms with Crippen LogP contribution < -0.4 is 5.32 Å². The van der Waals surface area contributed by atoms with Crippen molar-refractivity contribution < 1.29 is 19.1 Å². The molecule has 0 spiro atoms. The molecule has 0 aliphatic carbocycles. The number of fused-ring (bicyclic) bond motifs is 1. The first-order valence-electron chi connectivity index (χ1n) is 7.29. The van der Waals surface area contributed by atoms with Gasteiger partial charge in [-0.1, -0.05) is 29.8 Å². The molecule has 1 heterocycles. The molecule has 0 saturated heterocycles. The first-order valence-corrected chi connectivity index (χ1v) is 7.67. The smallest absolute Gasteiger partial charge is 0.307 e. The number of carboxylic acid groups (broad SMARTS) is 1. The highest BCUT2D eigenvalue weighted by Crippen LogP contribution is 2.27. The van der Waals surface area contributed by atoms with E-state index < -0.39 is 24.1 Å². The number of nitrogens with zero attached hydrogens (tertiary/aromatic N) is 2. The minimum Gasteiger partial charge on any atom is -0.481 e. The molecule has 3 rings (SSSR count). The second-order valence-corrected chi connectivity index (χ2v) is 5.84. The van der Waals surface area contributed by atoms with E-state index in [0.29, 0.717) is 16.6 Å². The minimum absolute atomic E-state index is 0.0532. The summed E-state index contributed by atoms with van der Waals surface area (Å²) in [5.41, 5.74) is 0.969. The van der Waals surface area contributed by atoms with Crippen molar-refractivity contribution in [3.8, 4) is 0 Å². The highest BCUT2D eigenvalue weighted by atomic mass is 35.5. The van der Waals surface area contributed by atoms with Crippen molar-refractivity contribution in [2.24, 2.45) is 7.05 Å². The predicted octanol–water partition coefficient (Wildman–Crippen LogP) is 3.25. The molecule has 0 unspecified atom stereocenters. The van der Waals surface area contributed by atoms with Crippen LogP contribution in [-0.2, 0) is 18.3 Å². The van der Waals surface area contributed by atoms with E-state index in [9.17, 15) is 14.0 Å².